The van der Waals surface area contributed by atoms with Crippen LogP contribution in [0.1, 0.15) is 78.6 Å². The predicted molar refractivity (Wildman–Crippen MR) is 110 cm³/mol. The van der Waals surface area contributed by atoms with Gasteiger partial charge in [-0.1, -0.05) is 24.2 Å². The minimum Gasteiger partial charge on any atom is -0.399 e. The van der Waals surface area contributed by atoms with E-state index >= 15 is 0 Å². The fraction of sp³-hybridized carbons (Fsp3) is 0.913. The van der Waals surface area contributed by atoms with Crippen LogP contribution in [0.5, 0.6) is 0 Å². The van der Waals surface area contributed by atoms with E-state index in [4.69, 9.17) is 9.68 Å². The van der Waals surface area contributed by atoms with E-state index in [1.54, 1.807) is 14.2 Å². The zero-order valence-corrected chi connectivity index (χ0v) is 18.0. The van der Waals surface area contributed by atoms with Crippen LogP contribution in [0.3, 0.4) is 0 Å². The SMILES string of the molecule is CO/N=C1/CC[C@@]2(C)[C@H](CC[C@@H]3[C@@H]2CC[C@]2(C)[C@@H](/C(C)=N/OC)CC[C@@H]32)C1. The Morgan fingerprint density at radius 3 is 2.44 bits per heavy atom. The molecule has 4 heteroatoms. The van der Waals surface area contributed by atoms with Crippen LogP contribution >= 0.6 is 0 Å². The van der Waals surface area contributed by atoms with Gasteiger partial charge in [-0.2, -0.15) is 0 Å². The Morgan fingerprint density at radius 1 is 0.926 bits per heavy atom. The topological polar surface area (TPSA) is 43.2 Å². The molecule has 152 valence electrons. The zero-order chi connectivity index (χ0) is 19.2. The van der Waals surface area contributed by atoms with Crippen LogP contribution in [0, 0.1) is 40.4 Å². The van der Waals surface area contributed by atoms with Crippen LogP contribution in [-0.4, -0.2) is 25.6 Å². The van der Waals surface area contributed by atoms with Crippen LogP contribution in [-0.2, 0) is 9.68 Å². The Labute approximate surface area is 165 Å². The molecule has 0 aromatic rings. The van der Waals surface area contributed by atoms with Crippen LogP contribution in [0.2, 0.25) is 0 Å². The lowest BCUT2D eigenvalue weighted by atomic mass is 9.44. The van der Waals surface area contributed by atoms with Gasteiger partial charge in [0.15, 0.2) is 0 Å². The number of oxime groups is 2. The molecule has 0 aliphatic heterocycles. The Hall–Kier alpha value is -1.06. The molecule has 4 fully saturated rings. The van der Waals surface area contributed by atoms with Gasteiger partial charge in [0.2, 0.25) is 0 Å². The average Bonchev–Trinajstić information content (AvgIpc) is 3.00. The maximum absolute atomic E-state index is 5.13. The molecule has 4 aliphatic carbocycles. The molecule has 0 amide bonds. The maximum atomic E-state index is 5.13. The largest absolute Gasteiger partial charge is 0.399 e. The molecule has 0 saturated heterocycles. The molecule has 4 rings (SSSR count). The Morgan fingerprint density at radius 2 is 1.70 bits per heavy atom. The minimum absolute atomic E-state index is 0.424. The van der Waals surface area contributed by atoms with Crippen molar-refractivity contribution >= 4 is 11.4 Å². The van der Waals surface area contributed by atoms with Gasteiger partial charge in [-0.05, 0) is 99.2 Å². The molecule has 4 nitrogen and oxygen atoms in total. The summed E-state index contributed by atoms with van der Waals surface area (Å²) in [5, 5.41) is 8.66. The van der Waals surface area contributed by atoms with E-state index in [-0.39, 0.29) is 0 Å². The number of hydrogen-bond acceptors (Lipinski definition) is 4. The van der Waals surface area contributed by atoms with Gasteiger partial charge in [0, 0.05) is 5.92 Å². The van der Waals surface area contributed by atoms with Gasteiger partial charge in [-0.15, -0.1) is 0 Å². The van der Waals surface area contributed by atoms with Gasteiger partial charge in [-0.3, -0.25) is 0 Å². The molecule has 0 radical (unpaired) electrons. The molecule has 0 aromatic heterocycles. The molecular formula is C23H38N2O2. The summed E-state index contributed by atoms with van der Waals surface area (Å²) in [5.74, 6) is 4.10. The van der Waals surface area contributed by atoms with E-state index in [2.05, 4.69) is 31.1 Å². The highest BCUT2D eigenvalue weighted by Gasteiger charge is 2.60. The van der Waals surface area contributed by atoms with E-state index in [0.717, 1.165) is 36.5 Å². The van der Waals surface area contributed by atoms with E-state index in [1.165, 1.54) is 56.4 Å². The van der Waals surface area contributed by atoms with Crippen molar-refractivity contribution in [2.24, 2.45) is 50.7 Å². The quantitative estimate of drug-likeness (QED) is 0.472. The predicted octanol–water partition coefficient (Wildman–Crippen LogP) is 5.67. The molecule has 4 aliphatic rings. The summed E-state index contributed by atoms with van der Waals surface area (Å²) >= 11 is 0. The summed E-state index contributed by atoms with van der Waals surface area (Å²) in [4.78, 5) is 10.2. The molecule has 0 aromatic carbocycles. The maximum Gasteiger partial charge on any atom is 0.106 e. The first-order valence-corrected chi connectivity index (χ1v) is 11.1. The van der Waals surface area contributed by atoms with Crippen LogP contribution in [0.4, 0.5) is 0 Å². The Kier molecular flexibility index (Phi) is 5.05. The number of rotatable bonds is 3. The van der Waals surface area contributed by atoms with Crippen molar-refractivity contribution in [1.29, 1.82) is 0 Å². The Bertz CT molecular complexity index is 630. The molecule has 0 heterocycles. The molecule has 4 saturated carbocycles. The minimum atomic E-state index is 0.424. The van der Waals surface area contributed by atoms with Crippen LogP contribution in [0.25, 0.3) is 0 Å². The van der Waals surface area contributed by atoms with Crippen molar-refractivity contribution in [3.63, 3.8) is 0 Å². The first-order chi connectivity index (χ1) is 12.9. The first-order valence-electron chi connectivity index (χ1n) is 11.1. The van der Waals surface area contributed by atoms with E-state index in [9.17, 15) is 0 Å². The molecule has 0 bridgehead atoms. The Balaban J connectivity index is 1.56. The highest BCUT2D eigenvalue weighted by molar-refractivity contribution is 5.85. The fourth-order valence-corrected chi connectivity index (χ4v) is 8.17. The van der Waals surface area contributed by atoms with Crippen molar-refractivity contribution in [3.8, 4) is 0 Å². The number of fused-ring (bicyclic) bond motifs is 5. The average molecular weight is 375 g/mol. The summed E-state index contributed by atoms with van der Waals surface area (Å²) in [6.07, 6.45) is 11.8. The smallest absolute Gasteiger partial charge is 0.106 e. The first kappa shape index (κ1) is 19.3. The molecular weight excluding hydrogens is 336 g/mol. The van der Waals surface area contributed by atoms with Crippen molar-refractivity contribution in [1.82, 2.24) is 0 Å². The lowest BCUT2D eigenvalue weighted by molar-refractivity contribution is -0.0963. The van der Waals surface area contributed by atoms with E-state index in [0.29, 0.717) is 16.7 Å². The standard InChI is InChI=1S/C23H38N2O2/c1-15(24-26-4)19-8-9-20-18-7-6-16-14-17(25-27-5)10-12-22(16,2)21(18)11-13-23(19,20)3/h16,18-21H,6-14H2,1-5H3/b24-15+,25-17-/t16-,18+,19-,20+,21+,22+,23-/m1/s1. The van der Waals surface area contributed by atoms with Gasteiger partial charge in [0.25, 0.3) is 0 Å². The molecule has 27 heavy (non-hydrogen) atoms. The van der Waals surface area contributed by atoms with E-state index in [1.807, 2.05) is 0 Å². The van der Waals surface area contributed by atoms with Crippen molar-refractivity contribution in [3.05, 3.63) is 0 Å². The van der Waals surface area contributed by atoms with Crippen molar-refractivity contribution in [2.45, 2.75) is 78.6 Å². The normalized spacial score (nSPS) is 48.6. The fourth-order valence-electron chi connectivity index (χ4n) is 8.17. The van der Waals surface area contributed by atoms with Crippen molar-refractivity contribution < 1.29 is 9.68 Å². The number of nitrogens with zero attached hydrogens (tertiary/aromatic N) is 2. The second-order valence-electron chi connectivity index (χ2n) is 10.3. The highest BCUT2D eigenvalue weighted by atomic mass is 16.6. The second-order valence-corrected chi connectivity index (χ2v) is 10.3. The van der Waals surface area contributed by atoms with Crippen molar-refractivity contribution in [2.75, 3.05) is 14.2 Å². The molecule has 7 atom stereocenters. The van der Waals surface area contributed by atoms with Gasteiger partial charge in [-0.25, -0.2) is 0 Å². The third kappa shape index (κ3) is 2.93. The monoisotopic (exact) mass is 374 g/mol. The highest BCUT2D eigenvalue weighted by Crippen LogP contribution is 2.67. The van der Waals surface area contributed by atoms with Gasteiger partial charge in [0.1, 0.15) is 14.2 Å². The van der Waals surface area contributed by atoms with Gasteiger partial charge >= 0.3 is 0 Å². The van der Waals surface area contributed by atoms with Crippen LogP contribution < -0.4 is 0 Å². The van der Waals surface area contributed by atoms with Gasteiger partial charge in [0.05, 0.1) is 11.4 Å². The summed E-state index contributed by atoms with van der Waals surface area (Å²) in [5.41, 5.74) is 3.45. The second kappa shape index (κ2) is 7.08. The summed E-state index contributed by atoms with van der Waals surface area (Å²) < 4.78 is 0. The number of hydrogen-bond donors (Lipinski definition) is 0. The van der Waals surface area contributed by atoms with Gasteiger partial charge < -0.3 is 9.68 Å². The summed E-state index contributed by atoms with van der Waals surface area (Å²) in [6.45, 7) is 7.37. The zero-order valence-electron chi connectivity index (χ0n) is 18.0. The summed E-state index contributed by atoms with van der Waals surface area (Å²) in [6, 6.07) is 0. The molecule has 0 spiro atoms. The summed E-state index contributed by atoms with van der Waals surface area (Å²) in [7, 11) is 3.37. The lowest BCUT2D eigenvalue weighted by Gasteiger charge is -2.60. The molecule has 0 unspecified atom stereocenters. The van der Waals surface area contributed by atoms with Crippen LogP contribution in [0.15, 0.2) is 10.3 Å². The van der Waals surface area contributed by atoms with E-state index < -0.39 is 0 Å². The lowest BCUT2D eigenvalue weighted by Crippen LogP contribution is -2.53. The third-order valence-corrected chi connectivity index (χ3v) is 9.46. The third-order valence-electron chi connectivity index (χ3n) is 9.46. The molecule has 0 N–H and O–H groups in total.